The molecule has 0 aromatic carbocycles. The van der Waals surface area contributed by atoms with E-state index in [4.69, 9.17) is 0 Å². The Labute approximate surface area is 137 Å². The Balaban J connectivity index is 1.91. The topological polar surface area (TPSA) is 70.8 Å². The number of anilines is 1. The zero-order valence-electron chi connectivity index (χ0n) is 14.0. The van der Waals surface area contributed by atoms with Crippen LogP contribution in [0, 0.1) is 0 Å². The first-order valence-electron chi connectivity index (χ1n) is 7.71. The zero-order valence-corrected chi connectivity index (χ0v) is 14.8. The van der Waals surface area contributed by atoms with E-state index < -0.39 is 10.0 Å². The highest BCUT2D eigenvalue weighted by Gasteiger charge is 2.26. The molecule has 0 aliphatic carbocycles. The van der Waals surface area contributed by atoms with E-state index in [1.165, 1.54) is 10.6 Å². The summed E-state index contributed by atoms with van der Waals surface area (Å²) in [5.74, 6) is 0.864. The molecule has 0 bridgehead atoms. The van der Waals surface area contributed by atoms with Gasteiger partial charge in [0, 0.05) is 44.0 Å². The van der Waals surface area contributed by atoms with Crippen LogP contribution in [-0.4, -0.2) is 59.8 Å². The molecule has 3 heterocycles. The quantitative estimate of drug-likeness (QED) is 0.821. The van der Waals surface area contributed by atoms with Crippen LogP contribution in [0.25, 0.3) is 5.52 Å². The summed E-state index contributed by atoms with van der Waals surface area (Å²) in [4.78, 5) is 6.64. The van der Waals surface area contributed by atoms with Gasteiger partial charge in [-0.3, -0.25) is 0 Å². The summed E-state index contributed by atoms with van der Waals surface area (Å²) in [6, 6.07) is 2.07. The van der Waals surface area contributed by atoms with E-state index in [0.29, 0.717) is 26.2 Å². The van der Waals surface area contributed by atoms with Crippen LogP contribution in [-0.2, 0) is 15.4 Å². The van der Waals surface area contributed by atoms with Gasteiger partial charge in [0.15, 0.2) is 5.82 Å². The van der Waals surface area contributed by atoms with Gasteiger partial charge in [-0.25, -0.2) is 17.9 Å². The third-order valence-corrected chi connectivity index (χ3v) is 5.45. The molecule has 1 aliphatic rings. The van der Waals surface area contributed by atoms with Crippen molar-refractivity contribution in [2.75, 3.05) is 37.3 Å². The fraction of sp³-hybridized carbons (Fsp3) is 0.600. The summed E-state index contributed by atoms with van der Waals surface area (Å²) < 4.78 is 26.6. The number of hydrogen-bond donors (Lipinski definition) is 0. The summed E-state index contributed by atoms with van der Waals surface area (Å²) in [5.41, 5.74) is 1.95. The molecule has 2 aromatic heterocycles. The molecule has 0 unspecified atom stereocenters. The van der Waals surface area contributed by atoms with Crippen molar-refractivity contribution in [2.45, 2.75) is 26.2 Å². The van der Waals surface area contributed by atoms with Crippen molar-refractivity contribution in [3.63, 3.8) is 0 Å². The number of rotatable bonds is 2. The molecule has 0 radical (unpaired) electrons. The number of aromatic nitrogens is 3. The highest BCUT2D eigenvalue weighted by molar-refractivity contribution is 7.88. The van der Waals surface area contributed by atoms with E-state index in [1.807, 2.05) is 10.7 Å². The Hall–Kier alpha value is -1.67. The maximum atomic E-state index is 11.6. The molecule has 23 heavy (non-hydrogen) atoms. The van der Waals surface area contributed by atoms with Crippen LogP contribution in [0.2, 0.25) is 0 Å². The van der Waals surface area contributed by atoms with Gasteiger partial charge in [0.1, 0.15) is 5.52 Å². The predicted octanol–water partition coefficient (Wildman–Crippen LogP) is 1.11. The third kappa shape index (κ3) is 3.18. The molecule has 3 rings (SSSR count). The van der Waals surface area contributed by atoms with Gasteiger partial charge in [0.05, 0.1) is 11.9 Å². The molecule has 0 atom stereocenters. The number of hydrogen-bond acceptors (Lipinski definition) is 5. The van der Waals surface area contributed by atoms with Gasteiger partial charge >= 0.3 is 0 Å². The highest BCUT2D eigenvalue weighted by atomic mass is 32.2. The third-order valence-electron chi connectivity index (χ3n) is 4.15. The van der Waals surface area contributed by atoms with Crippen LogP contribution in [0.4, 0.5) is 5.82 Å². The van der Waals surface area contributed by atoms with E-state index in [1.54, 1.807) is 6.20 Å². The molecule has 1 saturated heterocycles. The molecular formula is C15H23N5O2S. The van der Waals surface area contributed by atoms with Crippen LogP contribution in [0.15, 0.2) is 18.5 Å². The maximum absolute atomic E-state index is 11.6. The minimum absolute atomic E-state index is 0.0295. The molecule has 1 fully saturated rings. The van der Waals surface area contributed by atoms with Crippen LogP contribution < -0.4 is 4.90 Å². The molecule has 0 spiro atoms. The van der Waals surface area contributed by atoms with E-state index in [9.17, 15) is 8.42 Å². The molecule has 7 nitrogen and oxygen atoms in total. The number of nitrogens with zero attached hydrogens (tertiary/aromatic N) is 5. The van der Waals surface area contributed by atoms with Gasteiger partial charge in [-0.1, -0.05) is 20.8 Å². The van der Waals surface area contributed by atoms with E-state index in [0.717, 1.165) is 17.0 Å². The van der Waals surface area contributed by atoms with Crippen molar-refractivity contribution in [1.29, 1.82) is 0 Å². The second-order valence-electron chi connectivity index (χ2n) is 7.01. The Kier molecular flexibility index (Phi) is 3.84. The lowest BCUT2D eigenvalue weighted by atomic mass is 9.92. The number of piperazine rings is 1. The van der Waals surface area contributed by atoms with E-state index in [2.05, 4.69) is 41.8 Å². The Morgan fingerprint density at radius 3 is 2.35 bits per heavy atom. The van der Waals surface area contributed by atoms with Gasteiger partial charge in [-0.2, -0.15) is 9.40 Å². The van der Waals surface area contributed by atoms with Gasteiger partial charge in [-0.15, -0.1) is 0 Å². The summed E-state index contributed by atoms with van der Waals surface area (Å²) in [5, 5.41) is 4.64. The van der Waals surface area contributed by atoms with Crippen molar-refractivity contribution >= 4 is 21.4 Å². The summed E-state index contributed by atoms with van der Waals surface area (Å²) >= 11 is 0. The summed E-state index contributed by atoms with van der Waals surface area (Å²) in [6.45, 7) is 8.64. The summed E-state index contributed by atoms with van der Waals surface area (Å²) in [7, 11) is -3.12. The number of sulfonamides is 1. The normalized spacial score (nSPS) is 17.8. The first-order chi connectivity index (χ1) is 10.7. The van der Waals surface area contributed by atoms with E-state index in [-0.39, 0.29) is 5.41 Å². The molecular weight excluding hydrogens is 314 g/mol. The Morgan fingerprint density at radius 2 is 1.78 bits per heavy atom. The van der Waals surface area contributed by atoms with Gasteiger partial charge < -0.3 is 4.90 Å². The predicted molar refractivity (Wildman–Crippen MR) is 90.3 cm³/mol. The lowest BCUT2D eigenvalue weighted by molar-refractivity contribution is 0.387. The average molecular weight is 337 g/mol. The zero-order chi connectivity index (χ0) is 16.8. The Morgan fingerprint density at radius 1 is 1.13 bits per heavy atom. The second-order valence-corrected chi connectivity index (χ2v) is 8.99. The second kappa shape index (κ2) is 5.45. The molecule has 8 heteroatoms. The largest absolute Gasteiger partial charge is 0.352 e. The maximum Gasteiger partial charge on any atom is 0.211 e. The first kappa shape index (κ1) is 16.2. The van der Waals surface area contributed by atoms with Crippen molar-refractivity contribution in [2.24, 2.45) is 0 Å². The fourth-order valence-corrected chi connectivity index (χ4v) is 3.58. The van der Waals surface area contributed by atoms with Crippen molar-refractivity contribution < 1.29 is 8.42 Å². The highest BCUT2D eigenvalue weighted by Crippen LogP contribution is 2.26. The molecule has 0 N–H and O–H groups in total. The Bertz CT molecular complexity index is 814. The van der Waals surface area contributed by atoms with Gasteiger partial charge in [0.2, 0.25) is 10.0 Å². The molecule has 2 aromatic rings. The summed E-state index contributed by atoms with van der Waals surface area (Å²) in [6.07, 6.45) is 4.85. The van der Waals surface area contributed by atoms with Crippen molar-refractivity contribution in [1.82, 2.24) is 18.9 Å². The van der Waals surface area contributed by atoms with Crippen LogP contribution in [0.3, 0.4) is 0 Å². The van der Waals surface area contributed by atoms with Crippen molar-refractivity contribution in [3.8, 4) is 0 Å². The van der Waals surface area contributed by atoms with Crippen molar-refractivity contribution in [3.05, 3.63) is 24.2 Å². The number of fused-ring (bicyclic) bond motifs is 1. The van der Waals surface area contributed by atoms with Crippen LogP contribution in [0.5, 0.6) is 0 Å². The minimum Gasteiger partial charge on any atom is -0.352 e. The molecule has 1 aliphatic heterocycles. The first-order valence-corrected chi connectivity index (χ1v) is 9.56. The lowest BCUT2D eigenvalue weighted by Gasteiger charge is -2.34. The van der Waals surface area contributed by atoms with E-state index >= 15 is 0 Å². The van der Waals surface area contributed by atoms with Crippen LogP contribution >= 0.6 is 0 Å². The standard InChI is InChI=1S/C15H23N5O2S/c1-15(2,3)13-11-12-14(16-5-6-20(12)17-13)18-7-9-19(10-8-18)23(4,21)22/h5-6,11H,7-10H2,1-4H3. The molecule has 0 amide bonds. The molecule has 0 saturated carbocycles. The SMILES string of the molecule is CC(C)(C)c1cc2c(N3CCN(S(C)(=O)=O)CC3)nccn2n1. The van der Waals surface area contributed by atoms with Gasteiger partial charge in [0.25, 0.3) is 0 Å². The van der Waals surface area contributed by atoms with Crippen LogP contribution in [0.1, 0.15) is 26.5 Å². The smallest absolute Gasteiger partial charge is 0.211 e. The lowest BCUT2D eigenvalue weighted by Crippen LogP contribution is -2.48. The average Bonchev–Trinajstić information content (AvgIpc) is 2.90. The minimum atomic E-state index is -3.12. The van der Waals surface area contributed by atoms with Gasteiger partial charge in [-0.05, 0) is 6.07 Å². The molecule has 126 valence electrons. The fourth-order valence-electron chi connectivity index (χ4n) is 2.75. The monoisotopic (exact) mass is 337 g/mol.